The zero-order valence-corrected chi connectivity index (χ0v) is 14.8. The van der Waals surface area contributed by atoms with Gasteiger partial charge in [0.15, 0.2) is 11.5 Å². The second-order valence-corrected chi connectivity index (χ2v) is 6.76. The highest BCUT2D eigenvalue weighted by atomic mass is 16.1. The summed E-state index contributed by atoms with van der Waals surface area (Å²) in [5.74, 6) is 0.623. The normalized spacial score (nSPS) is 15.2. The summed E-state index contributed by atoms with van der Waals surface area (Å²) in [6.07, 6.45) is 5.82. The van der Waals surface area contributed by atoms with Crippen molar-refractivity contribution in [1.82, 2.24) is 24.8 Å². The Labute approximate surface area is 152 Å². The molecule has 4 rings (SSSR count). The maximum Gasteiger partial charge on any atom is 0.251 e. The van der Waals surface area contributed by atoms with E-state index in [2.05, 4.69) is 32.5 Å². The van der Waals surface area contributed by atoms with Crippen molar-refractivity contribution in [2.75, 3.05) is 13.1 Å². The Hall–Kier alpha value is -2.73. The average molecular weight is 349 g/mol. The van der Waals surface area contributed by atoms with E-state index in [4.69, 9.17) is 0 Å². The molecule has 0 radical (unpaired) electrons. The van der Waals surface area contributed by atoms with Crippen molar-refractivity contribution in [2.24, 2.45) is 0 Å². The van der Waals surface area contributed by atoms with Gasteiger partial charge in [0.1, 0.15) is 0 Å². The van der Waals surface area contributed by atoms with Crippen LogP contribution in [-0.2, 0) is 13.1 Å². The molecule has 26 heavy (non-hydrogen) atoms. The van der Waals surface area contributed by atoms with Crippen LogP contribution in [-0.4, -0.2) is 38.5 Å². The number of aromatic nitrogens is 3. The number of rotatable bonds is 5. The summed E-state index contributed by atoms with van der Waals surface area (Å²) in [4.78, 5) is 14.9. The zero-order valence-electron chi connectivity index (χ0n) is 14.8. The van der Waals surface area contributed by atoms with Crippen molar-refractivity contribution in [1.29, 1.82) is 0 Å². The first kappa shape index (κ1) is 16.7. The van der Waals surface area contributed by atoms with Crippen LogP contribution < -0.4 is 5.32 Å². The molecule has 2 aromatic heterocycles. The van der Waals surface area contributed by atoms with E-state index in [0.29, 0.717) is 12.1 Å². The monoisotopic (exact) mass is 349 g/mol. The van der Waals surface area contributed by atoms with E-state index in [1.165, 1.54) is 37.9 Å². The van der Waals surface area contributed by atoms with Crippen LogP contribution in [0, 0.1) is 0 Å². The highest BCUT2D eigenvalue weighted by molar-refractivity contribution is 5.94. The summed E-state index contributed by atoms with van der Waals surface area (Å²) in [6.45, 7) is 3.66. The fourth-order valence-corrected chi connectivity index (χ4v) is 3.41. The molecule has 1 aliphatic rings. The molecule has 0 saturated carbocycles. The molecule has 3 heterocycles. The number of nitrogens with one attached hydrogen (secondary N) is 1. The number of amides is 1. The third-order valence-electron chi connectivity index (χ3n) is 4.86. The van der Waals surface area contributed by atoms with Gasteiger partial charge in [0.05, 0.1) is 6.54 Å². The Kier molecular flexibility index (Phi) is 4.93. The molecule has 0 unspecified atom stereocenters. The van der Waals surface area contributed by atoms with Gasteiger partial charge in [-0.1, -0.05) is 24.6 Å². The van der Waals surface area contributed by atoms with Crippen LogP contribution in [0.3, 0.4) is 0 Å². The lowest BCUT2D eigenvalue weighted by Crippen LogP contribution is -2.29. The molecule has 1 aromatic carbocycles. The fourth-order valence-electron chi connectivity index (χ4n) is 3.41. The van der Waals surface area contributed by atoms with E-state index in [1.54, 1.807) is 0 Å². The third-order valence-corrected chi connectivity index (χ3v) is 4.86. The topological polar surface area (TPSA) is 62.5 Å². The van der Waals surface area contributed by atoms with Gasteiger partial charge in [-0.3, -0.25) is 14.1 Å². The van der Waals surface area contributed by atoms with Gasteiger partial charge in [0, 0.05) is 18.3 Å². The molecule has 0 spiro atoms. The van der Waals surface area contributed by atoms with Gasteiger partial charge in [-0.05, 0) is 55.8 Å². The number of hydrogen-bond donors (Lipinski definition) is 1. The molecular weight excluding hydrogens is 326 g/mol. The van der Waals surface area contributed by atoms with Crippen molar-refractivity contribution >= 4 is 11.6 Å². The lowest BCUT2D eigenvalue weighted by atomic mass is 10.1. The highest BCUT2D eigenvalue weighted by Crippen LogP contribution is 2.13. The largest absolute Gasteiger partial charge is 0.345 e. The standard InChI is InChI=1S/C20H23N5O/c26-20(21-14-19-23-22-18-6-2-5-13-25(18)19)17-9-7-16(8-10-17)15-24-11-3-1-4-12-24/h2,5-10,13H,1,3-4,11-12,14-15H2,(H,21,26). The molecule has 0 aliphatic carbocycles. The van der Waals surface area contributed by atoms with E-state index in [-0.39, 0.29) is 5.91 Å². The van der Waals surface area contributed by atoms with Crippen LogP contribution in [0.15, 0.2) is 48.7 Å². The van der Waals surface area contributed by atoms with Gasteiger partial charge >= 0.3 is 0 Å². The Morgan fingerprint density at radius 3 is 2.62 bits per heavy atom. The number of hydrogen-bond acceptors (Lipinski definition) is 4. The number of fused-ring (bicyclic) bond motifs is 1. The zero-order chi connectivity index (χ0) is 17.8. The predicted octanol–water partition coefficient (Wildman–Crippen LogP) is 2.65. The summed E-state index contributed by atoms with van der Waals surface area (Å²) in [5.41, 5.74) is 2.70. The molecule has 0 atom stereocenters. The van der Waals surface area contributed by atoms with E-state index < -0.39 is 0 Å². The first-order valence-electron chi connectivity index (χ1n) is 9.18. The molecule has 1 fully saturated rings. The SMILES string of the molecule is O=C(NCc1nnc2ccccn12)c1ccc(CN2CCCCC2)cc1. The number of carbonyl (C=O) groups excluding carboxylic acids is 1. The van der Waals surface area contributed by atoms with Crippen LogP contribution in [0.4, 0.5) is 0 Å². The minimum atomic E-state index is -0.0952. The molecule has 6 nitrogen and oxygen atoms in total. The first-order chi connectivity index (χ1) is 12.8. The molecule has 3 aromatic rings. The molecule has 1 aliphatic heterocycles. The van der Waals surface area contributed by atoms with Gasteiger partial charge in [0.2, 0.25) is 0 Å². The second kappa shape index (κ2) is 7.66. The van der Waals surface area contributed by atoms with Crippen LogP contribution >= 0.6 is 0 Å². The van der Waals surface area contributed by atoms with Gasteiger partial charge in [-0.25, -0.2) is 0 Å². The van der Waals surface area contributed by atoms with Crippen molar-refractivity contribution in [3.63, 3.8) is 0 Å². The minimum Gasteiger partial charge on any atom is -0.345 e. The van der Waals surface area contributed by atoms with E-state index in [9.17, 15) is 4.79 Å². The number of benzene rings is 1. The summed E-state index contributed by atoms with van der Waals surface area (Å²) < 4.78 is 1.88. The second-order valence-electron chi connectivity index (χ2n) is 6.76. The Balaban J connectivity index is 1.35. The molecule has 134 valence electrons. The number of carbonyl (C=O) groups is 1. The van der Waals surface area contributed by atoms with Crippen LogP contribution in [0.5, 0.6) is 0 Å². The number of likely N-dealkylation sites (tertiary alicyclic amines) is 1. The third kappa shape index (κ3) is 3.75. The number of nitrogens with zero attached hydrogens (tertiary/aromatic N) is 4. The van der Waals surface area contributed by atoms with Gasteiger partial charge in [-0.15, -0.1) is 10.2 Å². The highest BCUT2D eigenvalue weighted by Gasteiger charge is 2.12. The quantitative estimate of drug-likeness (QED) is 0.769. The summed E-state index contributed by atoms with van der Waals surface area (Å²) in [6, 6.07) is 13.6. The predicted molar refractivity (Wildman–Crippen MR) is 99.7 cm³/mol. The Morgan fingerprint density at radius 1 is 1.00 bits per heavy atom. The molecule has 1 amide bonds. The van der Waals surface area contributed by atoms with Gasteiger partial charge < -0.3 is 5.32 Å². The summed E-state index contributed by atoms with van der Waals surface area (Å²) in [7, 11) is 0. The minimum absolute atomic E-state index is 0.0952. The van der Waals surface area contributed by atoms with Crippen molar-refractivity contribution in [2.45, 2.75) is 32.4 Å². The summed E-state index contributed by atoms with van der Waals surface area (Å²) in [5, 5.41) is 11.1. The lowest BCUT2D eigenvalue weighted by Gasteiger charge is -2.26. The Morgan fingerprint density at radius 2 is 1.81 bits per heavy atom. The number of pyridine rings is 1. The maximum absolute atomic E-state index is 12.4. The van der Waals surface area contributed by atoms with E-state index in [0.717, 1.165) is 18.0 Å². The fraction of sp³-hybridized carbons (Fsp3) is 0.350. The van der Waals surface area contributed by atoms with Gasteiger partial charge in [-0.2, -0.15) is 0 Å². The molecule has 1 saturated heterocycles. The first-order valence-corrected chi connectivity index (χ1v) is 9.18. The molecule has 1 N–H and O–H groups in total. The Bertz CT molecular complexity index is 881. The van der Waals surface area contributed by atoms with Crippen molar-refractivity contribution in [3.05, 3.63) is 65.6 Å². The van der Waals surface area contributed by atoms with Crippen molar-refractivity contribution in [3.8, 4) is 0 Å². The van der Waals surface area contributed by atoms with E-state index in [1.807, 2.05) is 40.9 Å². The van der Waals surface area contributed by atoms with Crippen LogP contribution in [0.2, 0.25) is 0 Å². The van der Waals surface area contributed by atoms with Crippen LogP contribution in [0.1, 0.15) is 41.0 Å². The van der Waals surface area contributed by atoms with E-state index >= 15 is 0 Å². The molecular formula is C20H23N5O. The van der Waals surface area contributed by atoms with Gasteiger partial charge in [0.25, 0.3) is 5.91 Å². The summed E-state index contributed by atoms with van der Waals surface area (Å²) >= 11 is 0. The van der Waals surface area contributed by atoms with Crippen molar-refractivity contribution < 1.29 is 4.79 Å². The molecule has 0 bridgehead atoms. The lowest BCUT2D eigenvalue weighted by molar-refractivity contribution is 0.0949. The maximum atomic E-state index is 12.4. The van der Waals surface area contributed by atoms with Crippen LogP contribution in [0.25, 0.3) is 5.65 Å². The molecule has 6 heteroatoms. The number of piperidine rings is 1. The average Bonchev–Trinajstić information content (AvgIpc) is 3.11. The smallest absolute Gasteiger partial charge is 0.251 e.